The molecule has 1 fully saturated rings. The van der Waals surface area contributed by atoms with Gasteiger partial charge in [-0.25, -0.2) is 4.79 Å². The Kier molecular flexibility index (Phi) is 3.43. The van der Waals surface area contributed by atoms with Crippen LogP contribution in [0.25, 0.3) is 0 Å². The lowest BCUT2D eigenvalue weighted by atomic mass is 9.96. The van der Waals surface area contributed by atoms with Crippen molar-refractivity contribution >= 4 is 23.7 Å². The fraction of sp³-hybridized carbons (Fsp3) is 0.375. The number of carboxylic acid groups (broad SMARTS) is 1. The smallest absolute Gasteiger partial charge is 0.329 e. The first kappa shape index (κ1) is 15.2. The highest BCUT2D eigenvalue weighted by Crippen LogP contribution is 2.30. The number of hydrogen-bond donors (Lipinski definition) is 2. The third kappa shape index (κ3) is 2.28. The molecular weight excluding hydrogens is 300 g/mol. The molecule has 1 aliphatic heterocycles. The molecule has 23 heavy (non-hydrogen) atoms. The third-order valence-electron chi connectivity index (χ3n) is 4.57. The van der Waals surface area contributed by atoms with Gasteiger partial charge in [-0.05, 0) is 31.0 Å². The normalized spacial score (nSPS) is 18.9. The Hall–Kier alpha value is -2.70. The Morgan fingerprint density at radius 1 is 1.13 bits per heavy atom. The Morgan fingerprint density at radius 3 is 2.35 bits per heavy atom. The highest BCUT2D eigenvalue weighted by Gasteiger charge is 2.43. The molecule has 0 radical (unpaired) electrons. The Labute approximate surface area is 132 Å². The third-order valence-corrected chi connectivity index (χ3v) is 4.57. The summed E-state index contributed by atoms with van der Waals surface area (Å²) in [5.41, 5.74) is -0.649. The number of nitrogens with one attached hydrogen (secondary N) is 1. The van der Waals surface area contributed by atoms with Crippen molar-refractivity contribution in [2.75, 3.05) is 7.05 Å². The number of rotatable bonds is 3. The van der Waals surface area contributed by atoms with Gasteiger partial charge in [0.15, 0.2) is 0 Å². The number of benzene rings is 1. The van der Waals surface area contributed by atoms with Gasteiger partial charge in [-0.1, -0.05) is 12.8 Å². The second kappa shape index (κ2) is 5.19. The van der Waals surface area contributed by atoms with Crippen molar-refractivity contribution in [3.63, 3.8) is 0 Å². The van der Waals surface area contributed by atoms with Crippen LogP contribution in [0.1, 0.15) is 56.8 Å². The summed E-state index contributed by atoms with van der Waals surface area (Å²) in [6.07, 6.45) is 2.27. The summed E-state index contributed by atoms with van der Waals surface area (Å²) in [5.74, 6) is -2.47. The predicted molar refractivity (Wildman–Crippen MR) is 79.2 cm³/mol. The van der Waals surface area contributed by atoms with Crippen molar-refractivity contribution in [3.8, 4) is 0 Å². The average molecular weight is 316 g/mol. The SMILES string of the molecule is CN1C(=O)c2ccc(C(=O)NC3(C(=O)O)CCCC3)cc2C1=O. The molecule has 2 N–H and O–H groups in total. The molecule has 3 rings (SSSR count). The van der Waals surface area contributed by atoms with Crippen LogP contribution in [0.3, 0.4) is 0 Å². The summed E-state index contributed by atoms with van der Waals surface area (Å²) < 4.78 is 0. The lowest BCUT2D eigenvalue weighted by Crippen LogP contribution is -2.52. The van der Waals surface area contributed by atoms with Gasteiger partial charge in [-0.2, -0.15) is 0 Å². The van der Waals surface area contributed by atoms with Crippen LogP contribution in [0.4, 0.5) is 0 Å². The van der Waals surface area contributed by atoms with E-state index in [9.17, 15) is 24.3 Å². The van der Waals surface area contributed by atoms with E-state index in [2.05, 4.69) is 5.32 Å². The Bertz CT molecular complexity index is 734. The zero-order valence-electron chi connectivity index (χ0n) is 12.6. The van der Waals surface area contributed by atoms with Crippen LogP contribution in [0.15, 0.2) is 18.2 Å². The topological polar surface area (TPSA) is 104 Å². The first-order valence-corrected chi connectivity index (χ1v) is 7.38. The van der Waals surface area contributed by atoms with E-state index in [0.717, 1.165) is 17.7 Å². The second-order valence-corrected chi connectivity index (χ2v) is 5.98. The van der Waals surface area contributed by atoms with Crippen LogP contribution < -0.4 is 5.32 Å². The molecule has 3 amide bonds. The molecule has 7 heteroatoms. The fourth-order valence-corrected chi connectivity index (χ4v) is 3.16. The zero-order valence-corrected chi connectivity index (χ0v) is 12.6. The van der Waals surface area contributed by atoms with Crippen molar-refractivity contribution in [2.45, 2.75) is 31.2 Å². The predicted octanol–water partition coefficient (Wildman–Crippen LogP) is 1.04. The minimum absolute atomic E-state index is 0.168. The van der Waals surface area contributed by atoms with E-state index in [1.165, 1.54) is 25.2 Å². The van der Waals surface area contributed by atoms with Crippen LogP contribution in [-0.4, -0.2) is 46.3 Å². The summed E-state index contributed by atoms with van der Waals surface area (Å²) in [4.78, 5) is 48.7. The number of carboxylic acids is 1. The largest absolute Gasteiger partial charge is 0.480 e. The van der Waals surface area contributed by atoms with Crippen molar-refractivity contribution in [1.29, 1.82) is 0 Å². The van der Waals surface area contributed by atoms with Crippen molar-refractivity contribution in [1.82, 2.24) is 10.2 Å². The molecule has 0 spiro atoms. The minimum atomic E-state index is -1.24. The highest BCUT2D eigenvalue weighted by molar-refractivity contribution is 6.21. The van der Waals surface area contributed by atoms with E-state index >= 15 is 0 Å². The van der Waals surface area contributed by atoms with Gasteiger partial charge in [0.1, 0.15) is 5.54 Å². The molecule has 1 aromatic rings. The lowest BCUT2D eigenvalue weighted by Gasteiger charge is -2.25. The zero-order chi connectivity index (χ0) is 16.8. The molecule has 120 valence electrons. The number of amides is 3. The number of hydrogen-bond acceptors (Lipinski definition) is 4. The van der Waals surface area contributed by atoms with Crippen molar-refractivity contribution in [3.05, 3.63) is 34.9 Å². The molecule has 0 bridgehead atoms. The van der Waals surface area contributed by atoms with E-state index in [0.29, 0.717) is 12.8 Å². The standard InChI is InChI=1S/C16H16N2O5/c1-18-13(20)10-5-4-9(8-11(10)14(18)21)12(19)17-16(15(22)23)6-2-3-7-16/h4-5,8H,2-3,6-7H2,1H3,(H,17,19)(H,22,23). The van der Waals surface area contributed by atoms with E-state index in [1.54, 1.807) is 0 Å². The first-order valence-electron chi connectivity index (χ1n) is 7.38. The van der Waals surface area contributed by atoms with Gasteiger partial charge < -0.3 is 10.4 Å². The maximum absolute atomic E-state index is 12.4. The van der Waals surface area contributed by atoms with Crippen molar-refractivity contribution in [2.24, 2.45) is 0 Å². The van der Waals surface area contributed by atoms with E-state index in [1.807, 2.05) is 0 Å². The monoisotopic (exact) mass is 316 g/mol. The van der Waals surface area contributed by atoms with E-state index in [4.69, 9.17) is 0 Å². The molecule has 1 saturated carbocycles. The highest BCUT2D eigenvalue weighted by atomic mass is 16.4. The second-order valence-electron chi connectivity index (χ2n) is 5.98. The van der Waals surface area contributed by atoms with Crippen LogP contribution in [0, 0.1) is 0 Å². The summed E-state index contributed by atoms with van der Waals surface area (Å²) >= 11 is 0. The summed E-state index contributed by atoms with van der Waals surface area (Å²) in [6, 6.07) is 4.21. The Balaban J connectivity index is 1.89. The fourth-order valence-electron chi connectivity index (χ4n) is 3.16. The van der Waals surface area contributed by atoms with Gasteiger partial charge in [-0.15, -0.1) is 0 Å². The Morgan fingerprint density at radius 2 is 1.74 bits per heavy atom. The minimum Gasteiger partial charge on any atom is -0.480 e. The van der Waals surface area contributed by atoms with Crippen LogP contribution in [-0.2, 0) is 4.79 Å². The van der Waals surface area contributed by atoms with Crippen molar-refractivity contribution < 1.29 is 24.3 Å². The molecule has 1 aromatic carbocycles. The molecule has 1 aliphatic carbocycles. The molecule has 0 aromatic heterocycles. The molecule has 0 atom stereocenters. The van der Waals surface area contributed by atoms with E-state index in [-0.39, 0.29) is 16.7 Å². The average Bonchev–Trinajstić information content (AvgIpc) is 3.08. The number of aliphatic carboxylic acids is 1. The van der Waals surface area contributed by atoms with Gasteiger partial charge in [-0.3, -0.25) is 19.3 Å². The van der Waals surface area contributed by atoms with Gasteiger partial charge in [0.25, 0.3) is 17.7 Å². The van der Waals surface area contributed by atoms with Crippen LogP contribution >= 0.6 is 0 Å². The summed E-state index contributed by atoms with van der Waals surface area (Å²) in [7, 11) is 1.38. The number of carbonyl (C=O) groups excluding carboxylic acids is 3. The maximum atomic E-state index is 12.4. The van der Waals surface area contributed by atoms with Gasteiger partial charge in [0.05, 0.1) is 11.1 Å². The van der Waals surface area contributed by atoms with Crippen LogP contribution in [0.5, 0.6) is 0 Å². The number of nitrogens with zero attached hydrogens (tertiary/aromatic N) is 1. The molecule has 1 heterocycles. The molecule has 0 unspecified atom stereocenters. The first-order chi connectivity index (χ1) is 10.9. The molecule has 2 aliphatic rings. The van der Waals surface area contributed by atoms with Gasteiger partial charge in [0.2, 0.25) is 0 Å². The van der Waals surface area contributed by atoms with Gasteiger partial charge >= 0.3 is 5.97 Å². The summed E-state index contributed by atoms with van der Waals surface area (Å²) in [6.45, 7) is 0. The number of imide groups is 1. The number of fused-ring (bicyclic) bond motifs is 1. The maximum Gasteiger partial charge on any atom is 0.329 e. The molecule has 0 saturated heterocycles. The van der Waals surface area contributed by atoms with E-state index < -0.39 is 29.2 Å². The molecular formula is C16H16N2O5. The lowest BCUT2D eigenvalue weighted by molar-refractivity contribution is -0.144. The molecule has 7 nitrogen and oxygen atoms in total. The van der Waals surface area contributed by atoms with Gasteiger partial charge in [0, 0.05) is 12.6 Å². The quantitative estimate of drug-likeness (QED) is 0.811. The summed E-state index contributed by atoms with van der Waals surface area (Å²) in [5, 5.41) is 12.0. The van der Waals surface area contributed by atoms with Crippen LogP contribution in [0.2, 0.25) is 0 Å². The number of carbonyl (C=O) groups is 4.